The lowest BCUT2D eigenvalue weighted by Crippen LogP contribution is -2.07. The molecule has 3 heteroatoms. The molecule has 0 spiro atoms. The molecular weight excluding hydrogens is 214 g/mol. The van der Waals surface area contributed by atoms with Gasteiger partial charge in [-0.15, -0.1) is 0 Å². The zero-order chi connectivity index (χ0) is 12.7. The molecule has 0 amide bonds. The summed E-state index contributed by atoms with van der Waals surface area (Å²) in [6.07, 6.45) is 2.08. The molecule has 17 heavy (non-hydrogen) atoms. The van der Waals surface area contributed by atoms with Gasteiger partial charge in [-0.1, -0.05) is 13.8 Å². The van der Waals surface area contributed by atoms with Crippen molar-refractivity contribution in [2.45, 2.75) is 40.5 Å². The second kappa shape index (κ2) is 4.13. The second-order valence-corrected chi connectivity index (χ2v) is 5.46. The first-order chi connectivity index (χ1) is 7.91. The van der Waals surface area contributed by atoms with Gasteiger partial charge in [0.25, 0.3) is 5.69 Å². The minimum atomic E-state index is -0.259. The van der Waals surface area contributed by atoms with Crippen LogP contribution >= 0.6 is 0 Å². The summed E-state index contributed by atoms with van der Waals surface area (Å²) in [5, 5.41) is 11.0. The summed E-state index contributed by atoms with van der Waals surface area (Å²) in [6.45, 7) is 8.35. The van der Waals surface area contributed by atoms with Gasteiger partial charge in [0.2, 0.25) is 0 Å². The summed E-state index contributed by atoms with van der Waals surface area (Å²) in [5.41, 5.74) is 4.83. The van der Waals surface area contributed by atoms with E-state index in [4.69, 9.17) is 0 Å². The topological polar surface area (TPSA) is 43.1 Å². The standard InChI is InChI=1S/C14H19NO2/c1-8(2)11-6-12-9(3)5-14(15(16)17)10(4)13(12)7-11/h5,8,11H,6-7H2,1-4H3. The molecule has 92 valence electrons. The monoisotopic (exact) mass is 233 g/mol. The van der Waals surface area contributed by atoms with E-state index in [0.717, 1.165) is 24.0 Å². The third kappa shape index (κ3) is 1.94. The zero-order valence-corrected chi connectivity index (χ0v) is 10.9. The molecule has 1 aromatic carbocycles. The summed E-state index contributed by atoms with van der Waals surface area (Å²) in [4.78, 5) is 10.7. The van der Waals surface area contributed by atoms with Gasteiger partial charge < -0.3 is 0 Å². The number of aryl methyl sites for hydroxylation is 1. The number of benzene rings is 1. The van der Waals surface area contributed by atoms with Gasteiger partial charge in [-0.25, -0.2) is 0 Å². The molecule has 0 fully saturated rings. The van der Waals surface area contributed by atoms with Crippen molar-refractivity contribution >= 4 is 5.69 Å². The molecule has 0 aromatic heterocycles. The van der Waals surface area contributed by atoms with Crippen molar-refractivity contribution in [2.24, 2.45) is 11.8 Å². The molecule has 1 aliphatic carbocycles. The Balaban J connectivity index is 2.51. The van der Waals surface area contributed by atoms with Crippen LogP contribution in [0, 0.1) is 35.8 Å². The Bertz CT molecular complexity index is 478. The smallest absolute Gasteiger partial charge is 0.258 e. The number of rotatable bonds is 2. The van der Waals surface area contributed by atoms with E-state index in [1.54, 1.807) is 6.07 Å². The lowest BCUT2D eigenvalue weighted by atomic mass is 9.93. The normalized spacial score (nSPS) is 18.5. The van der Waals surface area contributed by atoms with Crippen molar-refractivity contribution in [3.8, 4) is 0 Å². The predicted molar refractivity (Wildman–Crippen MR) is 68.3 cm³/mol. The highest BCUT2D eigenvalue weighted by atomic mass is 16.6. The third-order valence-electron chi connectivity index (χ3n) is 4.10. The highest BCUT2D eigenvalue weighted by Gasteiger charge is 2.29. The van der Waals surface area contributed by atoms with Crippen LogP contribution in [0.2, 0.25) is 0 Å². The zero-order valence-electron chi connectivity index (χ0n) is 10.9. The van der Waals surface area contributed by atoms with E-state index in [1.165, 1.54) is 11.1 Å². The number of nitro groups is 1. The van der Waals surface area contributed by atoms with Gasteiger partial charge in [0.05, 0.1) is 4.92 Å². The Hall–Kier alpha value is -1.38. The van der Waals surface area contributed by atoms with Crippen molar-refractivity contribution < 1.29 is 4.92 Å². The molecule has 1 aromatic rings. The quantitative estimate of drug-likeness (QED) is 0.578. The van der Waals surface area contributed by atoms with Crippen LogP contribution in [0.15, 0.2) is 6.07 Å². The van der Waals surface area contributed by atoms with Gasteiger partial charge >= 0.3 is 0 Å². The van der Waals surface area contributed by atoms with Crippen molar-refractivity contribution in [3.63, 3.8) is 0 Å². The largest absolute Gasteiger partial charge is 0.272 e. The first-order valence-corrected chi connectivity index (χ1v) is 6.18. The van der Waals surface area contributed by atoms with Gasteiger partial charge in [0.1, 0.15) is 0 Å². The van der Waals surface area contributed by atoms with Crippen LogP contribution in [0.3, 0.4) is 0 Å². The summed E-state index contributed by atoms with van der Waals surface area (Å²) in [6, 6.07) is 1.73. The van der Waals surface area contributed by atoms with Crippen LogP contribution in [-0.4, -0.2) is 4.92 Å². The Morgan fingerprint density at radius 2 is 1.88 bits per heavy atom. The molecule has 2 rings (SSSR count). The van der Waals surface area contributed by atoms with Crippen molar-refractivity contribution in [1.82, 2.24) is 0 Å². The van der Waals surface area contributed by atoms with E-state index in [1.807, 2.05) is 13.8 Å². The number of nitro benzene ring substituents is 1. The molecule has 3 nitrogen and oxygen atoms in total. The SMILES string of the molecule is Cc1cc([N+](=O)[O-])c(C)c2c1CC(C(C)C)C2. The van der Waals surface area contributed by atoms with E-state index < -0.39 is 0 Å². The first-order valence-electron chi connectivity index (χ1n) is 6.18. The molecule has 0 heterocycles. The molecular formula is C14H19NO2. The fourth-order valence-electron chi connectivity index (χ4n) is 2.84. The number of nitrogens with zero attached hydrogens (tertiary/aromatic N) is 1. The molecule has 1 aliphatic rings. The maximum Gasteiger partial charge on any atom is 0.272 e. The van der Waals surface area contributed by atoms with E-state index in [9.17, 15) is 10.1 Å². The highest BCUT2D eigenvalue weighted by Crippen LogP contribution is 2.38. The summed E-state index contributed by atoms with van der Waals surface area (Å²) < 4.78 is 0. The lowest BCUT2D eigenvalue weighted by Gasteiger charge is -2.12. The minimum Gasteiger partial charge on any atom is -0.258 e. The fourth-order valence-corrected chi connectivity index (χ4v) is 2.84. The van der Waals surface area contributed by atoms with Gasteiger partial charge in [0, 0.05) is 11.6 Å². The van der Waals surface area contributed by atoms with E-state index in [2.05, 4.69) is 13.8 Å². The summed E-state index contributed by atoms with van der Waals surface area (Å²) in [7, 11) is 0. The third-order valence-corrected chi connectivity index (χ3v) is 4.10. The fraction of sp³-hybridized carbons (Fsp3) is 0.571. The van der Waals surface area contributed by atoms with Crippen molar-refractivity contribution in [3.05, 3.63) is 38.4 Å². The summed E-state index contributed by atoms with van der Waals surface area (Å²) >= 11 is 0. The molecule has 0 radical (unpaired) electrons. The van der Waals surface area contributed by atoms with Crippen LogP contribution in [0.4, 0.5) is 5.69 Å². The average molecular weight is 233 g/mol. The first kappa shape index (κ1) is 12.1. The molecule has 0 saturated carbocycles. The number of hydrogen-bond acceptors (Lipinski definition) is 2. The molecule has 0 saturated heterocycles. The number of hydrogen-bond donors (Lipinski definition) is 0. The maximum atomic E-state index is 11.0. The van der Waals surface area contributed by atoms with Gasteiger partial charge in [-0.05, 0) is 55.2 Å². The van der Waals surface area contributed by atoms with E-state index in [-0.39, 0.29) is 10.6 Å². The van der Waals surface area contributed by atoms with Gasteiger partial charge in [-0.3, -0.25) is 10.1 Å². The highest BCUT2D eigenvalue weighted by molar-refractivity contribution is 5.54. The molecule has 0 bridgehead atoms. The van der Waals surface area contributed by atoms with Crippen LogP contribution < -0.4 is 0 Å². The summed E-state index contributed by atoms with van der Waals surface area (Å²) in [5.74, 6) is 1.28. The Morgan fingerprint density at radius 3 is 2.41 bits per heavy atom. The van der Waals surface area contributed by atoms with Gasteiger partial charge in [-0.2, -0.15) is 0 Å². The Kier molecular flexibility index (Phi) is 2.94. The average Bonchev–Trinajstić information content (AvgIpc) is 2.68. The van der Waals surface area contributed by atoms with E-state index >= 15 is 0 Å². The molecule has 0 N–H and O–H groups in total. The van der Waals surface area contributed by atoms with E-state index in [0.29, 0.717) is 11.8 Å². The van der Waals surface area contributed by atoms with Crippen molar-refractivity contribution in [2.75, 3.05) is 0 Å². The van der Waals surface area contributed by atoms with Crippen LogP contribution in [-0.2, 0) is 12.8 Å². The number of fused-ring (bicyclic) bond motifs is 1. The second-order valence-electron chi connectivity index (χ2n) is 5.46. The Labute approximate surface area is 102 Å². The Morgan fingerprint density at radius 1 is 1.29 bits per heavy atom. The maximum absolute atomic E-state index is 11.0. The van der Waals surface area contributed by atoms with Gasteiger partial charge in [0.15, 0.2) is 0 Å². The lowest BCUT2D eigenvalue weighted by molar-refractivity contribution is -0.385. The molecule has 1 unspecified atom stereocenters. The van der Waals surface area contributed by atoms with Crippen molar-refractivity contribution in [1.29, 1.82) is 0 Å². The van der Waals surface area contributed by atoms with Crippen LogP contribution in [0.5, 0.6) is 0 Å². The van der Waals surface area contributed by atoms with Crippen LogP contribution in [0.1, 0.15) is 36.1 Å². The van der Waals surface area contributed by atoms with Crippen LogP contribution in [0.25, 0.3) is 0 Å². The molecule has 0 aliphatic heterocycles. The molecule has 1 atom stereocenters. The predicted octanol–water partition coefficient (Wildman–Crippen LogP) is 3.58. The minimum absolute atomic E-state index is 0.259.